The van der Waals surface area contributed by atoms with Crippen molar-refractivity contribution in [1.29, 1.82) is 0 Å². The molecule has 1 fully saturated rings. The molecule has 1 aliphatic rings. The number of fused-ring (bicyclic) bond motifs is 2. The SMILES string of the molecule is c1cnc2c(Nc3ccc4c(OCC5CCOC5)nccc4c3)n[nH]c2c1. The first-order valence-corrected chi connectivity index (χ1v) is 9.02. The summed E-state index contributed by atoms with van der Waals surface area (Å²) >= 11 is 0. The highest BCUT2D eigenvalue weighted by molar-refractivity contribution is 5.92. The van der Waals surface area contributed by atoms with Gasteiger partial charge in [0.2, 0.25) is 5.88 Å². The molecule has 1 saturated heterocycles. The maximum atomic E-state index is 5.97. The third kappa shape index (κ3) is 3.17. The number of nitrogens with zero attached hydrogens (tertiary/aromatic N) is 3. The van der Waals surface area contributed by atoms with Gasteiger partial charge in [-0.25, -0.2) is 4.98 Å². The van der Waals surface area contributed by atoms with Crippen LogP contribution in [0.2, 0.25) is 0 Å². The number of pyridine rings is 2. The van der Waals surface area contributed by atoms with Crippen LogP contribution in [-0.4, -0.2) is 40.0 Å². The number of hydrogen-bond donors (Lipinski definition) is 2. The van der Waals surface area contributed by atoms with E-state index in [0.29, 0.717) is 24.2 Å². The topological polar surface area (TPSA) is 85.0 Å². The molecule has 0 saturated carbocycles. The Balaban J connectivity index is 1.40. The molecule has 5 rings (SSSR count). The minimum absolute atomic E-state index is 0.448. The molecule has 1 aliphatic heterocycles. The summed E-state index contributed by atoms with van der Waals surface area (Å²) in [6, 6.07) is 11.9. The first-order valence-electron chi connectivity index (χ1n) is 9.02. The lowest BCUT2D eigenvalue weighted by Gasteiger charge is -2.12. The molecule has 7 heteroatoms. The van der Waals surface area contributed by atoms with Gasteiger partial charge < -0.3 is 14.8 Å². The van der Waals surface area contributed by atoms with Gasteiger partial charge >= 0.3 is 0 Å². The second-order valence-corrected chi connectivity index (χ2v) is 6.69. The van der Waals surface area contributed by atoms with Crippen molar-refractivity contribution in [3.05, 3.63) is 48.8 Å². The number of benzene rings is 1. The standard InChI is InChI=1S/C20H19N5O2/c1-2-17-18(21-7-1)19(25-24-17)23-15-3-4-16-14(10-15)5-8-22-20(16)27-12-13-6-9-26-11-13/h1-5,7-8,10,13H,6,9,11-12H2,(H2,23,24,25). The predicted molar refractivity (Wildman–Crippen MR) is 103 cm³/mol. The van der Waals surface area contributed by atoms with E-state index in [1.165, 1.54) is 0 Å². The molecule has 2 N–H and O–H groups in total. The van der Waals surface area contributed by atoms with E-state index in [4.69, 9.17) is 9.47 Å². The van der Waals surface area contributed by atoms with E-state index in [-0.39, 0.29) is 0 Å². The number of rotatable bonds is 5. The van der Waals surface area contributed by atoms with Gasteiger partial charge in [-0.3, -0.25) is 10.1 Å². The van der Waals surface area contributed by atoms with Crippen molar-refractivity contribution in [1.82, 2.24) is 20.2 Å². The summed E-state index contributed by atoms with van der Waals surface area (Å²) in [5.74, 6) is 1.82. The van der Waals surface area contributed by atoms with Crippen molar-refractivity contribution in [2.24, 2.45) is 5.92 Å². The van der Waals surface area contributed by atoms with Crippen LogP contribution < -0.4 is 10.1 Å². The molecule has 0 bridgehead atoms. The summed E-state index contributed by atoms with van der Waals surface area (Å²) in [6.07, 6.45) is 4.58. The van der Waals surface area contributed by atoms with Crippen LogP contribution in [0.5, 0.6) is 5.88 Å². The van der Waals surface area contributed by atoms with E-state index in [0.717, 1.165) is 47.1 Å². The van der Waals surface area contributed by atoms with Crippen molar-refractivity contribution < 1.29 is 9.47 Å². The van der Waals surface area contributed by atoms with Gasteiger partial charge in [0.05, 0.1) is 18.7 Å². The van der Waals surface area contributed by atoms with Gasteiger partial charge in [-0.15, -0.1) is 0 Å². The minimum atomic E-state index is 0.448. The van der Waals surface area contributed by atoms with Crippen molar-refractivity contribution in [2.75, 3.05) is 25.1 Å². The zero-order valence-corrected chi connectivity index (χ0v) is 14.7. The van der Waals surface area contributed by atoms with E-state index >= 15 is 0 Å². The number of nitrogens with one attached hydrogen (secondary N) is 2. The smallest absolute Gasteiger partial charge is 0.221 e. The van der Waals surface area contributed by atoms with Gasteiger partial charge in [0.15, 0.2) is 5.82 Å². The summed E-state index contributed by atoms with van der Waals surface area (Å²) in [4.78, 5) is 8.78. The van der Waals surface area contributed by atoms with Crippen LogP contribution in [-0.2, 0) is 4.74 Å². The Bertz CT molecular complexity index is 1090. The Hall–Kier alpha value is -3.19. The molecule has 1 unspecified atom stereocenters. The molecule has 136 valence electrons. The molecule has 0 radical (unpaired) electrons. The molecule has 4 heterocycles. The lowest BCUT2D eigenvalue weighted by Crippen LogP contribution is -2.12. The monoisotopic (exact) mass is 361 g/mol. The number of H-pyrrole nitrogens is 1. The molecule has 3 aromatic heterocycles. The molecule has 0 spiro atoms. The average molecular weight is 361 g/mol. The Kier molecular flexibility index (Phi) is 4.06. The molecule has 0 amide bonds. The van der Waals surface area contributed by atoms with E-state index < -0.39 is 0 Å². The first-order chi connectivity index (χ1) is 13.4. The van der Waals surface area contributed by atoms with Gasteiger partial charge in [-0.2, -0.15) is 5.10 Å². The summed E-state index contributed by atoms with van der Waals surface area (Å²) in [6.45, 7) is 2.23. The molecule has 0 aliphatic carbocycles. The summed E-state index contributed by atoms with van der Waals surface area (Å²) in [5.41, 5.74) is 2.65. The fraction of sp³-hybridized carbons (Fsp3) is 0.250. The van der Waals surface area contributed by atoms with E-state index in [1.54, 1.807) is 12.4 Å². The number of aromatic amines is 1. The largest absolute Gasteiger partial charge is 0.477 e. The van der Waals surface area contributed by atoms with Crippen LogP contribution in [0.15, 0.2) is 48.8 Å². The highest BCUT2D eigenvalue weighted by Gasteiger charge is 2.17. The van der Waals surface area contributed by atoms with Crippen molar-refractivity contribution in [2.45, 2.75) is 6.42 Å². The van der Waals surface area contributed by atoms with Crippen molar-refractivity contribution >= 4 is 33.3 Å². The number of anilines is 2. The lowest BCUT2D eigenvalue weighted by molar-refractivity contribution is 0.166. The fourth-order valence-corrected chi connectivity index (χ4v) is 3.33. The van der Waals surface area contributed by atoms with Crippen LogP contribution in [0.25, 0.3) is 21.8 Å². The first kappa shape index (κ1) is 16.0. The van der Waals surface area contributed by atoms with Gasteiger partial charge in [-0.05, 0) is 48.2 Å². The molecule has 4 aromatic rings. The highest BCUT2D eigenvalue weighted by atomic mass is 16.5. The van der Waals surface area contributed by atoms with Gasteiger partial charge in [0, 0.05) is 36.0 Å². The van der Waals surface area contributed by atoms with E-state index in [9.17, 15) is 0 Å². The minimum Gasteiger partial charge on any atom is -0.477 e. The average Bonchev–Trinajstić information content (AvgIpc) is 3.36. The van der Waals surface area contributed by atoms with Crippen LogP contribution in [0, 0.1) is 5.92 Å². The summed E-state index contributed by atoms with van der Waals surface area (Å²) < 4.78 is 11.4. The predicted octanol–water partition coefficient (Wildman–Crippen LogP) is 3.67. The van der Waals surface area contributed by atoms with Crippen molar-refractivity contribution in [3.8, 4) is 5.88 Å². The third-order valence-corrected chi connectivity index (χ3v) is 4.79. The van der Waals surface area contributed by atoms with Gasteiger partial charge in [0.25, 0.3) is 0 Å². The van der Waals surface area contributed by atoms with Crippen LogP contribution >= 0.6 is 0 Å². The zero-order chi connectivity index (χ0) is 18.1. The lowest BCUT2D eigenvalue weighted by atomic mass is 10.1. The molecule has 27 heavy (non-hydrogen) atoms. The molecule has 1 atom stereocenters. The molecular weight excluding hydrogens is 342 g/mol. The highest BCUT2D eigenvalue weighted by Crippen LogP contribution is 2.29. The second kappa shape index (κ2) is 6.85. The van der Waals surface area contributed by atoms with E-state index in [2.05, 4.69) is 31.5 Å². The second-order valence-electron chi connectivity index (χ2n) is 6.69. The Morgan fingerprint density at radius 2 is 2.19 bits per heavy atom. The molecular formula is C20H19N5O2. The molecule has 1 aromatic carbocycles. The normalized spacial score (nSPS) is 16.8. The Labute approximate surface area is 155 Å². The summed E-state index contributed by atoms with van der Waals surface area (Å²) in [7, 11) is 0. The van der Waals surface area contributed by atoms with Crippen LogP contribution in [0.4, 0.5) is 11.5 Å². The Morgan fingerprint density at radius 3 is 3.11 bits per heavy atom. The van der Waals surface area contributed by atoms with Crippen molar-refractivity contribution in [3.63, 3.8) is 0 Å². The quantitative estimate of drug-likeness (QED) is 0.564. The maximum absolute atomic E-state index is 5.97. The van der Waals surface area contributed by atoms with Crippen LogP contribution in [0.3, 0.4) is 0 Å². The number of hydrogen-bond acceptors (Lipinski definition) is 6. The molecule has 7 nitrogen and oxygen atoms in total. The van der Waals surface area contributed by atoms with E-state index in [1.807, 2.05) is 30.3 Å². The van der Waals surface area contributed by atoms with Crippen LogP contribution in [0.1, 0.15) is 6.42 Å². The number of ether oxygens (including phenoxy) is 2. The Morgan fingerprint density at radius 1 is 1.19 bits per heavy atom. The van der Waals surface area contributed by atoms with Gasteiger partial charge in [0.1, 0.15) is 5.52 Å². The maximum Gasteiger partial charge on any atom is 0.221 e. The third-order valence-electron chi connectivity index (χ3n) is 4.79. The fourth-order valence-electron chi connectivity index (χ4n) is 3.33. The zero-order valence-electron chi connectivity index (χ0n) is 14.7. The summed E-state index contributed by atoms with van der Waals surface area (Å²) in [5, 5.41) is 12.7. The van der Waals surface area contributed by atoms with Gasteiger partial charge in [-0.1, -0.05) is 0 Å². The number of aromatic nitrogens is 4.